The molecule has 0 amide bonds. The summed E-state index contributed by atoms with van der Waals surface area (Å²) in [7, 11) is 1.95. The summed E-state index contributed by atoms with van der Waals surface area (Å²) in [5.74, 6) is -0.215. The molecule has 1 atom stereocenters. The zero-order valence-corrected chi connectivity index (χ0v) is 12.0. The van der Waals surface area contributed by atoms with Gasteiger partial charge in [-0.25, -0.2) is 4.39 Å². The van der Waals surface area contributed by atoms with E-state index in [9.17, 15) is 4.39 Å². The van der Waals surface area contributed by atoms with E-state index in [1.807, 2.05) is 19.2 Å². The summed E-state index contributed by atoms with van der Waals surface area (Å²) >= 11 is 3.23. The van der Waals surface area contributed by atoms with E-state index in [4.69, 9.17) is 4.74 Å². The highest BCUT2D eigenvalue weighted by atomic mass is 79.9. The van der Waals surface area contributed by atoms with E-state index in [1.165, 1.54) is 6.07 Å². The monoisotopic (exact) mass is 316 g/mol. The molecule has 0 bridgehead atoms. The number of morpholine rings is 1. The fourth-order valence-corrected chi connectivity index (χ4v) is 2.62. The lowest BCUT2D eigenvalue weighted by Crippen LogP contribution is -2.49. The minimum Gasteiger partial charge on any atom is -0.378 e. The molecule has 1 unspecified atom stereocenters. The molecule has 5 heteroatoms. The standard InChI is InChI=1S/C13H18BrFN2O/c1-16-7-11-9-18-5-4-17(11)8-10-2-3-13(15)12(14)6-10/h2-3,6,11,16H,4-5,7-9H2,1H3. The number of likely N-dealkylation sites (N-methyl/N-ethyl adjacent to an activating group) is 1. The Kier molecular flexibility index (Phi) is 5.12. The number of ether oxygens (including phenoxy) is 1. The molecular formula is C13H18BrFN2O. The summed E-state index contributed by atoms with van der Waals surface area (Å²) in [5, 5.41) is 3.18. The van der Waals surface area contributed by atoms with Gasteiger partial charge >= 0.3 is 0 Å². The first kappa shape index (κ1) is 13.9. The van der Waals surface area contributed by atoms with Crippen molar-refractivity contribution in [2.24, 2.45) is 0 Å². The van der Waals surface area contributed by atoms with Crippen molar-refractivity contribution in [2.45, 2.75) is 12.6 Å². The third-order valence-corrected chi connectivity index (χ3v) is 3.77. The van der Waals surface area contributed by atoms with Gasteiger partial charge in [0.1, 0.15) is 5.82 Å². The van der Waals surface area contributed by atoms with Gasteiger partial charge in [0.2, 0.25) is 0 Å². The lowest BCUT2D eigenvalue weighted by atomic mass is 10.1. The van der Waals surface area contributed by atoms with Crippen molar-refractivity contribution in [3.8, 4) is 0 Å². The van der Waals surface area contributed by atoms with Crippen LogP contribution in [0.4, 0.5) is 4.39 Å². The summed E-state index contributed by atoms with van der Waals surface area (Å²) < 4.78 is 19.2. The Morgan fingerprint density at radius 3 is 3.11 bits per heavy atom. The number of hydrogen-bond donors (Lipinski definition) is 1. The summed E-state index contributed by atoms with van der Waals surface area (Å²) in [6.45, 7) is 4.17. The van der Waals surface area contributed by atoms with Crippen molar-refractivity contribution >= 4 is 15.9 Å². The number of hydrogen-bond acceptors (Lipinski definition) is 3. The van der Waals surface area contributed by atoms with Gasteiger partial charge in [0.25, 0.3) is 0 Å². The largest absolute Gasteiger partial charge is 0.378 e. The fraction of sp³-hybridized carbons (Fsp3) is 0.538. The van der Waals surface area contributed by atoms with Crippen molar-refractivity contribution in [3.05, 3.63) is 34.1 Å². The highest BCUT2D eigenvalue weighted by molar-refractivity contribution is 9.10. The van der Waals surface area contributed by atoms with Gasteiger partial charge in [-0.2, -0.15) is 0 Å². The number of halogens is 2. The molecule has 1 fully saturated rings. The van der Waals surface area contributed by atoms with E-state index in [0.29, 0.717) is 10.5 Å². The van der Waals surface area contributed by atoms with Crippen LogP contribution in [0.15, 0.2) is 22.7 Å². The first-order chi connectivity index (χ1) is 8.70. The highest BCUT2D eigenvalue weighted by Crippen LogP contribution is 2.19. The maximum absolute atomic E-state index is 13.2. The third-order valence-electron chi connectivity index (χ3n) is 3.16. The van der Waals surface area contributed by atoms with E-state index in [0.717, 1.165) is 38.4 Å². The average molecular weight is 317 g/mol. The Morgan fingerprint density at radius 1 is 1.56 bits per heavy atom. The molecular weight excluding hydrogens is 299 g/mol. The van der Waals surface area contributed by atoms with Crippen LogP contribution >= 0.6 is 15.9 Å². The third kappa shape index (κ3) is 3.51. The molecule has 1 heterocycles. The van der Waals surface area contributed by atoms with Crippen molar-refractivity contribution in [1.29, 1.82) is 0 Å². The molecule has 0 aliphatic carbocycles. The summed E-state index contributed by atoms with van der Waals surface area (Å²) in [6, 6.07) is 5.58. The fourth-order valence-electron chi connectivity index (χ4n) is 2.19. The van der Waals surface area contributed by atoms with Gasteiger partial charge in [-0.1, -0.05) is 6.07 Å². The molecule has 1 aliphatic rings. The van der Waals surface area contributed by atoms with Crippen molar-refractivity contribution in [2.75, 3.05) is 33.4 Å². The smallest absolute Gasteiger partial charge is 0.137 e. The van der Waals surface area contributed by atoms with E-state index in [1.54, 1.807) is 0 Å². The van der Waals surface area contributed by atoms with Crippen LogP contribution in [-0.2, 0) is 11.3 Å². The van der Waals surface area contributed by atoms with Crippen LogP contribution in [0.1, 0.15) is 5.56 Å². The van der Waals surface area contributed by atoms with Crippen molar-refractivity contribution in [1.82, 2.24) is 10.2 Å². The quantitative estimate of drug-likeness (QED) is 0.919. The molecule has 1 aliphatic heterocycles. The number of benzene rings is 1. The Morgan fingerprint density at radius 2 is 2.39 bits per heavy atom. The molecule has 3 nitrogen and oxygen atoms in total. The van der Waals surface area contributed by atoms with E-state index < -0.39 is 0 Å². The van der Waals surface area contributed by atoms with E-state index in [2.05, 4.69) is 26.1 Å². The van der Waals surface area contributed by atoms with Crippen LogP contribution in [-0.4, -0.2) is 44.3 Å². The minimum absolute atomic E-state index is 0.215. The first-order valence-electron chi connectivity index (χ1n) is 6.11. The highest BCUT2D eigenvalue weighted by Gasteiger charge is 2.22. The minimum atomic E-state index is -0.215. The van der Waals surface area contributed by atoms with Gasteiger partial charge in [0.15, 0.2) is 0 Å². The zero-order chi connectivity index (χ0) is 13.0. The predicted molar refractivity (Wildman–Crippen MR) is 73.0 cm³/mol. The second-order valence-corrected chi connectivity index (χ2v) is 5.36. The predicted octanol–water partition coefficient (Wildman–Crippen LogP) is 2.01. The zero-order valence-electron chi connectivity index (χ0n) is 10.5. The number of nitrogens with one attached hydrogen (secondary N) is 1. The molecule has 0 spiro atoms. The van der Waals surface area contributed by atoms with Gasteiger partial charge in [0.05, 0.1) is 17.7 Å². The molecule has 1 aromatic carbocycles. The summed E-state index contributed by atoms with van der Waals surface area (Å²) in [5.41, 5.74) is 1.12. The van der Waals surface area contributed by atoms with Gasteiger partial charge in [-0.15, -0.1) is 0 Å². The second kappa shape index (κ2) is 6.61. The lowest BCUT2D eigenvalue weighted by Gasteiger charge is -2.35. The molecule has 18 heavy (non-hydrogen) atoms. The molecule has 2 rings (SSSR count). The Balaban J connectivity index is 2.03. The maximum atomic E-state index is 13.2. The Hall–Kier alpha value is -0.490. The molecule has 0 saturated carbocycles. The van der Waals surface area contributed by atoms with Crippen LogP contribution in [0.3, 0.4) is 0 Å². The Labute approximate surface area is 115 Å². The van der Waals surface area contributed by atoms with Crippen LogP contribution < -0.4 is 5.32 Å². The SMILES string of the molecule is CNCC1COCCN1Cc1ccc(F)c(Br)c1. The van der Waals surface area contributed by atoms with Gasteiger partial charge in [-0.05, 0) is 40.7 Å². The first-order valence-corrected chi connectivity index (χ1v) is 6.90. The molecule has 0 radical (unpaired) electrons. The molecule has 100 valence electrons. The van der Waals surface area contributed by atoms with Crippen LogP contribution in [0, 0.1) is 5.82 Å². The van der Waals surface area contributed by atoms with E-state index in [-0.39, 0.29) is 5.82 Å². The second-order valence-electron chi connectivity index (χ2n) is 4.51. The molecule has 1 saturated heterocycles. The van der Waals surface area contributed by atoms with Crippen LogP contribution in [0.25, 0.3) is 0 Å². The lowest BCUT2D eigenvalue weighted by molar-refractivity contribution is -0.0103. The number of nitrogens with zero attached hydrogens (tertiary/aromatic N) is 1. The Bertz CT molecular complexity index is 401. The topological polar surface area (TPSA) is 24.5 Å². The average Bonchev–Trinajstić information content (AvgIpc) is 2.37. The van der Waals surface area contributed by atoms with Crippen molar-refractivity contribution in [3.63, 3.8) is 0 Å². The van der Waals surface area contributed by atoms with Crippen LogP contribution in [0.2, 0.25) is 0 Å². The maximum Gasteiger partial charge on any atom is 0.137 e. The van der Waals surface area contributed by atoms with Gasteiger partial charge in [0, 0.05) is 25.7 Å². The van der Waals surface area contributed by atoms with E-state index >= 15 is 0 Å². The van der Waals surface area contributed by atoms with Gasteiger partial charge in [-0.3, -0.25) is 4.90 Å². The van der Waals surface area contributed by atoms with Gasteiger partial charge < -0.3 is 10.1 Å². The molecule has 1 aromatic rings. The number of rotatable bonds is 4. The summed E-state index contributed by atoms with van der Waals surface area (Å²) in [4.78, 5) is 2.37. The van der Waals surface area contributed by atoms with Crippen LogP contribution in [0.5, 0.6) is 0 Å². The van der Waals surface area contributed by atoms with Crippen molar-refractivity contribution < 1.29 is 9.13 Å². The molecule has 1 N–H and O–H groups in total. The summed E-state index contributed by atoms with van der Waals surface area (Å²) in [6.07, 6.45) is 0. The normalized spacial score (nSPS) is 21.2. The molecule has 0 aromatic heterocycles.